The third-order valence-electron chi connectivity index (χ3n) is 7.39. The quantitative estimate of drug-likeness (QED) is 0.132. The first kappa shape index (κ1) is 29.0. The molecule has 0 spiro atoms. The van der Waals surface area contributed by atoms with Crippen molar-refractivity contribution in [1.82, 2.24) is 0 Å². The fraction of sp³-hybridized carbons (Fsp3) is 0.387. The van der Waals surface area contributed by atoms with Gasteiger partial charge in [0.25, 0.3) is 0 Å². The number of benzene rings is 3. The van der Waals surface area contributed by atoms with Gasteiger partial charge in [-0.25, -0.2) is 0 Å². The van der Waals surface area contributed by atoms with E-state index in [-0.39, 0.29) is 66.3 Å². The van der Waals surface area contributed by atoms with Crippen molar-refractivity contribution in [1.29, 1.82) is 0 Å². The highest BCUT2D eigenvalue weighted by Gasteiger charge is 2.39. The topological polar surface area (TPSA) is 163 Å². The Hall–Kier alpha value is -3.95. The number of Topliss-reactive ketones (excluding diaryl/α,β-unsaturated/α-hetero) is 1. The van der Waals surface area contributed by atoms with Gasteiger partial charge in [0, 0.05) is 12.8 Å². The van der Waals surface area contributed by atoms with Gasteiger partial charge in [-0.15, -0.1) is 0 Å². The van der Waals surface area contributed by atoms with E-state index in [4.69, 9.17) is 15.2 Å². The van der Waals surface area contributed by atoms with Crippen LogP contribution < -0.4 is 15.2 Å². The predicted molar refractivity (Wildman–Crippen MR) is 149 cm³/mol. The number of ether oxygens (including phenoxy) is 2. The standard InChI is InChI=1S/C31H37NO8/c32-19-39-28-15-20(8-11-26(28)36)6-9-24(34)18-25(35)10-7-21-14-27(37)30(38)29(16-21)40-31(12-1-2-13-31)22-4-3-5-23(33)17-22/h3-5,8,11,14-17,25,33,35-38H,1-2,6-7,9-10,12-13,18-19,32H2/t25-/m1/s1. The Morgan fingerprint density at radius 2 is 1.65 bits per heavy atom. The minimum Gasteiger partial charge on any atom is -0.508 e. The number of aliphatic hydroxyl groups excluding tert-OH is 1. The van der Waals surface area contributed by atoms with E-state index in [0.717, 1.165) is 24.0 Å². The number of aliphatic hydroxyl groups is 1. The predicted octanol–water partition coefficient (Wildman–Crippen LogP) is 4.54. The van der Waals surface area contributed by atoms with Crippen molar-refractivity contribution >= 4 is 5.78 Å². The number of aromatic hydroxyl groups is 4. The van der Waals surface area contributed by atoms with E-state index in [9.17, 15) is 30.3 Å². The summed E-state index contributed by atoms with van der Waals surface area (Å²) in [5.41, 5.74) is 6.89. The first-order valence-corrected chi connectivity index (χ1v) is 13.6. The fourth-order valence-corrected chi connectivity index (χ4v) is 5.27. The van der Waals surface area contributed by atoms with Gasteiger partial charge < -0.3 is 35.0 Å². The Bertz CT molecular complexity index is 1320. The maximum absolute atomic E-state index is 12.5. The van der Waals surface area contributed by atoms with Gasteiger partial charge in [0.15, 0.2) is 23.0 Å². The van der Waals surface area contributed by atoms with Crippen LogP contribution in [0.1, 0.15) is 61.6 Å². The van der Waals surface area contributed by atoms with E-state index in [1.165, 1.54) is 12.1 Å². The van der Waals surface area contributed by atoms with Crippen molar-refractivity contribution in [3.63, 3.8) is 0 Å². The van der Waals surface area contributed by atoms with Crippen molar-refractivity contribution < 1.29 is 39.8 Å². The highest BCUT2D eigenvalue weighted by molar-refractivity contribution is 5.79. The Balaban J connectivity index is 1.35. The molecule has 3 aromatic carbocycles. The molecule has 1 atom stereocenters. The van der Waals surface area contributed by atoms with Crippen molar-refractivity contribution in [2.24, 2.45) is 5.73 Å². The summed E-state index contributed by atoms with van der Waals surface area (Å²) in [5.74, 6) is -0.290. The van der Waals surface area contributed by atoms with E-state index in [1.54, 1.807) is 36.4 Å². The Labute approximate surface area is 233 Å². The lowest BCUT2D eigenvalue weighted by Crippen LogP contribution is -2.29. The molecule has 1 aliphatic rings. The van der Waals surface area contributed by atoms with Crippen LogP contribution in [0.3, 0.4) is 0 Å². The van der Waals surface area contributed by atoms with Crippen LogP contribution in [0, 0.1) is 0 Å². The summed E-state index contributed by atoms with van der Waals surface area (Å²) in [7, 11) is 0. The number of hydrogen-bond acceptors (Lipinski definition) is 9. The molecule has 0 radical (unpaired) electrons. The molecule has 9 nitrogen and oxygen atoms in total. The second kappa shape index (κ2) is 12.9. The molecule has 0 bridgehead atoms. The summed E-state index contributed by atoms with van der Waals surface area (Å²) in [6.07, 6.45) is 3.65. The summed E-state index contributed by atoms with van der Waals surface area (Å²) < 4.78 is 11.5. The molecule has 1 aliphatic carbocycles. The van der Waals surface area contributed by atoms with Crippen LogP contribution in [0.15, 0.2) is 54.6 Å². The molecule has 3 aromatic rings. The molecule has 0 amide bonds. The third-order valence-corrected chi connectivity index (χ3v) is 7.39. The molecule has 4 rings (SSSR count). The number of hydrogen-bond donors (Lipinski definition) is 6. The summed E-state index contributed by atoms with van der Waals surface area (Å²) in [6, 6.07) is 14.8. The van der Waals surface area contributed by atoms with Crippen molar-refractivity contribution in [2.75, 3.05) is 6.73 Å². The molecule has 1 saturated carbocycles. The molecule has 214 valence electrons. The second-order valence-corrected chi connectivity index (χ2v) is 10.4. The molecular weight excluding hydrogens is 514 g/mol. The average molecular weight is 552 g/mol. The SMILES string of the molecule is NCOc1cc(CCC(=O)C[C@H](O)CCc2cc(O)c(O)c(OC3(c4cccc(O)c4)CCCC3)c2)ccc1O. The first-order chi connectivity index (χ1) is 19.2. The average Bonchev–Trinajstić information content (AvgIpc) is 3.40. The Kier molecular flexibility index (Phi) is 9.39. The van der Waals surface area contributed by atoms with Crippen LogP contribution in [-0.2, 0) is 23.2 Å². The van der Waals surface area contributed by atoms with E-state index in [1.807, 2.05) is 6.07 Å². The van der Waals surface area contributed by atoms with Crippen LogP contribution >= 0.6 is 0 Å². The molecule has 1 fully saturated rings. The van der Waals surface area contributed by atoms with Gasteiger partial charge in [-0.05, 0) is 98.0 Å². The van der Waals surface area contributed by atoms with Crippen LogP contribution in [0.4, 0.5) is 0 Å². The molecule has 0 aromatic heterocycles. The zero-order valence-corrected chi connectivity index (χ0v) is 22.4. The Morgan fingerprint density at radius 3 is 2.38 bits per heavy atom. The van der Waals surface area contributed by atoms with E-state index in [2.05, 4.69) is 0 Å². The zero-order chi connectivity index (χ0) is 28.7. The van der Waals surface area contributed by atoms with Gasteiger partial charge in [-0.2, -0.15) is 0 Å². The highest BCUT2D eigenvalue weighted by Crippen LogP contribution is 2.47. The number of aryl methyl sites for hydroxylation is 2. The van der Waals surface area contributed by atoms with Gasteiger partial charge >= 0.3 is 0 Å². The number of phenols is 4. The molecule has 40 heavy (non-hydrogen) atoms. The molecule has 0 aliphatic heterocycles. The molecule has 7 N–H and O–H groups in total. The molecular formula is C31H37NO8. The smallest absolute Gasteiger partial charge is 0.200 e. The fourth-order valence-electron chi connectivity index (χ4n) is 5.27. The maximum Gasteiger partial charge on any atom is 0.200 e. The van der Waals surface area contributed by atoms with Gasteiger partial charge in [0.05, 0.1) is 6.10 Å². The van der Waals surface area contributed by atoms with E-state index >= 15 is 0 Å². The first-order valence-electron chi connectivity index (χ1n) is 13.6. The number of carbonyl (C=O) groups is 1. The number of nitrogens with two attached hydrogens (primary N) is 1. The van der Waals surface area contributed by atoms with Gasteiger partial charge in [0.2, 0.25) is 5.75 Å². The number of ketones is 1. The van der Waals surface area contributed by atoms with Gasteiger partial charge in [-0.1, -0.05) is 18.2 Å². The lowest BCUT2D eigenvalue weighted by molar-refractivity contribution is -0.121. The molecule has 9 heteroatoms. The van der Waals surface area contributed by atoms with Gasteiger partial charge in [-0.3, -0.25) is 10.5 Å². The normalized spacial score (nSPS) is 15.1. The van der Waals surface area contributed by atoms with Crippen molar-refractivity contribution in [3.8, 4) is 34.5 Å². The van der Waals surface area contributed by atoms with Crippen LogP contribution in [0.25, 0.3) is 0 Å². The van der Waals surface area contributed by atoms with Crippen LogP contribution in [-0.4, -0.2) is 44.2 Å². The van der Waals surface area contributed by atoms with Crippen molar-refractivity contribution in [3.05, 3.63) is 71.3 Å². The summed E-state index contributed by atoms with van der Waals surface area (Å²) in [6.45, 7) is -0.0764. The molecule has 0 heterocycles. The monoisotopic (exact) mass is 551 g/mol. The summed E-state index contributed by atoms with van der Waals surface area (Å²) in [5, 5.41) is 51.3. The minimum absolute atomic E-state index is 0.0156. The third kappa shape index (κ3) is 7.16. The minimum atomic E-state index is -0.878. The maximum atomic E-state index is 12.5. The molecule has 0 saturated heterocycles. The van der Waals surface area contributed by atoms with E-state index in [0.29, 0.717) is 31.2 Å². The lowest BCUT2D eigenvalue weighted by atomic mass is 9.91. The van der Waals surface area contributed by atoms with Gasteiger partial charge in [0.1, 0.15) is 23.9 Å². The summed E-state index contributed by atoms with van der Waals surface area (Å²) in [4.78, 5) is 12.5. The number of rotatable bonds is 13. The number of carbonyl (C=O) groups excluding carboxylic acids is 1. The van der Waals surface area contributed by atoms with Crippen molar-refractivity contribution in [2.45, 2.75) is 69.5 Å². The van der Waals surface area contributed by atoms with E-state index < -0.39 is 11.7 Å². The number of phenolic OH excluding ortho intramolecular Hbond substituents is 4. The highest BCUT2D eigenvalue weighted by atomic mass is 16.5. The Morgan fingerprint density at radius 1 is 0.900 bits per heavy atom. The second-order valence-electron chi connectivity index (χ2n) is 10.4. The molecule has 0 unspecified atom stereocenters. The van der Waals surface area contributed by atoms with Crippen LogP contribution in [0.2, 0.25) is 0 Å². The zero-order valence-electron chi connectivity index (χ0n) is 22.4. The van der Waals surface area contributed by atoms with Crippen LogP contribution in [0.5, 0.6) is 34.5 Å². The largest absolute Gasteiger partial charge is 0.508 e. The lowest BCUT2D eigenvalue weighted by Gasteiger charge is -2.31. The summed E-state index contributed by atoms with van der Waals surface area (Å²) >= 11 is 0.